The molecule has 0 unspecified atom stereocenters. The van der Waals surface area contributed by atoms with E-state index < -0.39 is 0 Å². The third kappa shape index (κ3) is 3.90. The number of aromatic nitrogens is 1. The minimum absolute atomic E-state index is 0.0198. The number of amides is 2. The second-order valence-corrected chi connectivity index (χ2v) is 6.60. The van der Waals surface area contributed by atoms with Crippen LogP contribution in [0.25, 0.3) is 0 Å². The maximum absolute atomic E-state index is 12.1. The fourth-order valence-electron chi connectivity index (χ4n) is 2.43. The highest BCUT2D eigenvalue weighted by atomic mass is 32.1. The summed E-state index contributed by atoms with van der Waals surface area (Å²) in [6.45, 7) is 1.72. The maximum Gasteiger partial charge on any atom is 0.321 e. The van der Waals surface area contributed by atoms with Crippen molar-refractivity contribution in [2.24, 2.45) is 0 Å². The zero-order chi connectivity index (χ0) is 16.2. The first-order valence-corrected chi connectivity index (χ1v) is 8.26. The number of carbonyl (C=O) groups excluding carboxylic acids is 1. The van der Waals surface area contributed by atoms with Crippen LogP contribution < -0.4 is 10.6 Å². The van der Waals surface area contributed by atoms with E-state index >= 15 is 0 Å². The topological polar surface area (TPSA) is 79.6 Å². The van der Waals surface area contributed by atoms with Crippen LogP contribution >= 0.6 is 11.3 Å². The standard InChI is InChI=1S/C15H20N4O3S/c1-19(2)11(12-4-3-6-22-12)8-16-14(20)18-15-17-10-5-7-21-9-13(10)23-15/h3-4,6,11H,5,7-9H2,1-2H3,(H2,16,17,18,20)/t11-/m1/s1. The van der Waals surface area contributed by atoms with Crippen LogP contribution in [0.1, 0.15) is 22.4 Å². The lowest BCUT2D eigenvalue weighted by atomic mass is 10.2. The summed E-state index contributed by atoms with van der Waals surface area (Å²) < 4.78 is 10.8. The van der Waals surface area contributed by atoms with Gasteiger partial charge in [-0.3, -0.25) is 10.2 Å². The normalized spacial score (nSPS) is 15.3. The van der Waals surface area contributed by atoms with Crippen LogP contribution in [-0.2, 0) is 17.8 Å². The van der Waals surface area contributed by atoms with Crippen LogP contribution in [0.15, 0.2) is 22.8 Å². The van der Waals surface area contributed by atoms with E-state index in [1.54, 1.807) is 6.26 Å². The van der Waals surface area contributed by atoms with Crippen molar-refractivity contribution >= 4 is 22.5 Å². The van der Waals surface area contributed by atoms with Crippen molar-refractivity contribution in [3.05, 3.63) is 34.7 Å². The highest BCUT2D eigenvalue weighted by Gasteiger charge is 2.19. The van der Waals surface area contributed by atoms with Crippen molar-refractivity contribution in [1.29, 1.82) is 0 Å². The van der Waals surface area contributed by atoms with Crippen LogP contribution in [0, 0.1) is 0 Å². The van der Waals surface area contributed by atoms with Crippen LogP contribution in [0.3, 0.4) is 0 Å². The van der Waals surface area contributed by atoms with Crippen molar-refractivity contribution in [3.63, 3.8) is 0 Å². The van der Waals surface area contributed by atoms with Crippen molar-refractivity contribution < 1.29 is 13.9 Å². The van der Waals surface area contributed by atoms with Gasteiger partial charge in [-0.25, -0.2) is 9.78 Å². The van der Waals surface area contributed by atoms with E-state index in [4.69, 9.17) is 9.15 Å². The van der Waals surface area contributed by atoms with Gasteiger partial charge in [-0.1, -0.05) is 11.3 Å². The number of nitrogens with zero attached hydrogens (tertiary/aromatic N) is 2. The molecule has 0 aromatic carbocycles. The van der Waals surface area contributed by atoms with Crippen molar-refractivity contribution in [1.82, 2.24) is 15.2 Å². The van der Waals surface area contributed by atoms with Gasteiger partial charge in [0.25, 0.3) is 0 Å². The fourth-order valence-corrected chi connectivity index (χ4v) is 3.37. The number of anilines is 1. The molecule has 0 bridgehead atoms. The molecule has 1 aliphatic heterocycles. The molecule has 0 saturated heterocycles. The molecule has 23 heavy (non-hydrogen) atoms. The van der Waals surface area contributed by atoms with Gasteiger partial charge >= 0.3 is 6.03 Å². The van der Waals surface area contributed by atoms with E-state index in [0.717, 1.165) is 22.8 Å². The van der Waals surface area contributed by atoms with E-state index in [9.17, 15) is 4.79 Å². The molecule has 3 rings (SSSR count). The van der Waals surface area contributed by atoms with Gasteiger partial charge in [0.05, 0.1) is 36.1 Å². The molecule has 7 nitrogen and oxygen atoms in total. The second kappa shape index (κ2) is 7.12. The Morgan fingerprint density at radius 3 is 3.09 bits per heavy atom. The molecule has 1 aliphatic rings. The molecular weight excluding hydrogens is 316 g/mol. The lowest BCUT2D eigenvalue weighted by molar-refractivity contribution is 0.112. The van der Waals surface area contributed by atoms with Gasteiger partial charge in [0.1, 0.15) is 5.76 Å². The second-order valence-electron chi connectivity index (χ2n) is 5.52. The Hall–Kier alpha value is -1.90. The quantitative estimate of drug-likeness (QED) is 0.875. The summed E-state index contributed by atoms with van der Waals surface area (Å²) in [7, 11) is 3.89. The molecule has 0 saturated carbocycles. The third-order valence-electron chi connectivity index (χ3n) is 3.67. The van der Waals surface area contributed by atoms with Crippen LogP contribution in [0.2, 0.25) is 0 Å². The first-order chi connectivity index (χ1) is 11.1. The predicted molar refractivity (Wildman–Crippen MR) is 87.6 cm³/mol. The maximum atomic E-state index is 12.1. The number of ether oxygens (including phenoxy) is 1. The summed E-state index contributed by atoms with van der Waals surface area (Å²) in [5.41, 5.74) is 1.03. The van der Waals surface area contributed by atoms with E-state index in [0.29, 0.717) is 24.9 Å². The van der Waals surface area contributed by atoms with Gasteiger partial charge in [-0.05, 0) is 26.2 Å². The molecule has 2 aromatic rings. The number of thiazole rings is 1. The molecule has 8 heteroatoms. The Bertz CT molecular complexity index is 630. The van der Waals surface area contributed by atoms with Gasteiger partial charge in [0.2, 0.25) is 0 Å². The summed E-state index contributed by atoms with van der Waals surface area (Å²) in [6, 6.07) is 3.46. The number of nitrogens with one attached hydrogen (secondary N) is 2. The molecule has 0 spiro atoms. The molecule has 124 valence electrons. The lowest BCUT2D eigenvalue weighted by Gasteiger charge is -2.22. The zero-order valence-corrected chi connectivity index (χ0v) is 14.0. The third-order valence-corrected chi connectivity index (χ3v) is 4.65. The van der Waals surface area contributed by atoms with Gasteiger partial charge in [-0.15, -0.1) is 0 Å². The monoisotopic (exact) mass is 336 g/mol. The Morgan fingerprint density at radius 1 is 1.52 bits per heavy atom. The fraction of sp³-hybridized carbons (Fsp3) is 0.467. The Balaban J connectivity index is 1.55. The average Bonchev–Trinajstić information content (AvgIpc) is 3.15. The van der Waals surface area contributed by atoms with Crippen LogP contribution in [-0.4, -0.2) is 43.2 Å². The predicted octanol–water partition coefficient (Wildman–Crippen LogP) is 2.23. The first kappa shape index (κ1) is 16.0. The van der Waals surface area contributed by atoms with E-state index in [1.165, 1.54) is 11.3 Å². The zero-order valence-electron chi connectivity index (χ0n) is 13.2. The van der Waals surface area contributed by atoms with E-state index in [1.807, 2.05) is 31.1 Å². The molecule has 3 heterocycles. The van der Waals surface area contributed by atoms with Crippen LogP contribution in [0.5, 0.6) is 0 Å². The van der Waals surface area contributed by atoms with Crippen LogP contribution in [0.4, 0.5) is 9.93 Å². The number of carbonyl (C=O) groups is 1. The van der Waals surface area contributed by atoms with Crippen molar-refractivity contribution in [3.8, 4) is 0 Å². The summed E-state index contributed by atoms with van der Waals surface area (Å²) >= 11 is 1.46. The number of hydrogen-bond donors (Lipinski definition) is 2. The molecule has 2 N–H and O–H groups in total. The smallest absolute Gasteiger partial charge is 0.321 e. The number of hydrogen-bond acceptors (Lipinski definition) is 6. The summed E-state index contributed by atoms with van der Waals surface area (Å²) in [5, 5.41) is 6.27. The van der Waals surface area contributed by atoms with Gasteiger partial charge in [-0.2, -0.15) is 0 Å². The van der Waals surface area contributed by atoms with E-state index in [2.05, 4.69) is 15.6 Å². The molecule has 0 aliphatic carbocycles. The lowest BCUT2D eigenvalue weighted by Crippen LogP contribution is -2.36. The Kier molecular flexibility index (Phi) is 4.94. The number of urea groups is 1. The molecule has 2 aromatic heterocycles. The SMILES string of the molecule is CN(C)[C@H](CNC(=O)Nc1nc2c(s1)COCC2)c1ccco1. The highest BCUT2D eigenvalue weighted by molar-refractivity contribution is 7.15. The number of fused-ring (bicyclic) bond motifs is 1. The minimum Gasteiger partial charge on any atom is -0.468 e. The molecule has 2 amide bonds. The average molecular weight is 336 g/mol. The highest BCUT2D eigenvalue weighted by Crippen LogP contribution is 2.27. The summed E-state index contributed by atoms with van der Waals surface area (Å²) in [4.78, 5) is 19.6. The molecule has 1 atom stereocenters. The van der Waals surface area contributed by atoms with Gasteiger partial charge in [0, 0.05) is 13.0 Å². The summed E-state index contributed by atoms with van der Waals surface area (Å²) in [6.07, 6.45) is 2.43. The number of likely N-dealkylation sites (N-methyl/N-ethyl adjacent to an activating group) is 1. The largest absolute Gasteiger partial charge is 0.468 e. The Morgan fingerprint density at radius 2 is 2.39 bits per heavy atom. The number of rotatable bonds is 5. The number of furan rings is 1. The van der Waals surface area contributed by atoms with Gasteiger partial charge in [0.15, 0.2) is 5.13 Å². The molecule has 0 radical (unpaired) electrons. The summed E-state index contributed by atoms with van der Waals surface area (Å²) in [5.74, 6) is 0.817. The van der Waals surface area contributed by atoms with Gasteiger partial charge < -0.3 is 14.5 Å². The minimum atomic E-state index is -0.268. The van der Waals surface area contributed by atoms with Crippen molar-refractivity contribution in [2.45, 2.75) is 19.1 Å². The first-order valence-electron chi connectivity index (χ1n) is 7.44. The van der Waals surface area contributed by atoms with Crippen molar-refractivity contribution in [2.75, 3.05) is 32.6 Å². The molecule has 0 fully saturated rings. The van der Waals surface area contributed by atoms with E-state index in [-0.39, 0.29) is 12.1 Å². The molecular formula is C15H20N4O3S. The Labute approximate surface area is 138 Å².